The molecule has 0 bridgehead atoms. The van der Waals surface area contributed by atoms with Crippen LogP contribution in [-0.4, -0.2) is 44.7 Å². The van der Waals surface area contributed by atoms with E-state index in [1.54, 1.807) is 11.8 Å². The predicted molar refractivity (Wildman–Crippen MR) is 84.9 cm³/mol. The van der Waals surface area contributed by atoms with E-state index in [4.69, 9.17) is 0 Å². The van der Waals surface area contributed by atoms with E-state index in [0.29, 0.717) is 32.0 Å². The van der Waals surface area contributed by atoms with Crippen molar-refractivity contribution in [3.63, 3.8) is 0 Å². The number of carbonyl (C=O) groups excluding carboxylic acids is 1. The van der Waals surface area contributed by atoms with E-state index in [0.717, 1.165) is 11.3 Å². The number of aliphatic hydroxyl groups is 1. The third kappa shape index (κ3) is 3.34. The lowest BCUT2D eigenvalue weighted by Crippen LogP contribution is -2.44. The Kier molecular flexibility index (Phi) is 4.46. The molecule has 3 rings (SSSR count). The number of rotatable bonds is 2. The van der Waals surface area contributed by atoms with Gasteiger partial charge in [0.15, 0.2) is 17.4 Å². The van der Waals surface area contributed by atoms with Gasteiger partial charge < -0.3 is 15.1 Å². The van der Waals surface area contributed by atoms with Crippen LogP contribution in [0.5, 0.6) is 5.75 Å². The van der Waals surface area contributed by atoms with Gasteiger partial charge in [-0.15, -0.1) is 11.3 Å². The molecular weight excluding hydrogens is 357 g/mol. The largest absolute Gasteiger partial charge is 0.503 e. The molecule has 1 amide bonds. The third-order valence-electron chi connectivity index (χ3n) is 4.21. The van der Waals surface area contributed by atoms with Crippen molar-refractivity contribution in [1.29, 1.82) is 0 Å². The van der Waals surface area contributed by atoms with Crippen LogP contribution >= 0.6 is 11.3 Å². The number of hydrogen-bond acceptors (Lipinski definition) is 5. The van der Waals surface area contributed by atoms with E-state index in [9.17, 15) is 28.2 Å². The highest BCUT2D eigenvalue weighted by Gasteiger charge is 2.31. The number of hydrogen-bond donors (Lipinski definition) is 2. The lowest BCUT2D eigenvalue weighted by atomic mass is 9.94. The second-order valence-corrected chi connectivity index (χ2v) is 7.23. The Morgan fingerprint density at radius 2 is 1.92 bits per heavy atom. The minimum absolute atomic E-state index is 0.0425. The van der Waals surface area contributed by atoms with Crippen molar-refractivity contribution >= 4 is 17.2 Å². The molecule has 9 heteroatoms. The van der Waals surface area contributed by atoms with Gasteiger partial charge in [0.2, 0.25) is 5.82 Å². The van der Waals surface area contributed by atoms with Gasteiger partial charge >= 0.3 is 0 Å². The van der Waals surface area contributed by atoms with Gasteiger partial charge in [0, 0.05) is 13.1 Å². The molecule has 0 spiro atoms. The first-order valence-electron chi connectivity index (χ1n) is 7.54. The molecule has 1 aromatic heterocycles. The van der Waals surface area contributed by atoms with Gasteiger partial charge in [-0.2, -0.15) is 4.39 Å². The quantitative estimate of drug-likeness (QED) is 0.795. The van der Waals surface area contributed by atoms with E-state index in [-0.39, 0.29) is 15.8 Å². The molecule has 1 aliphatic rings. The number of amides is 1. The number of aromatic nitrogens is 1. The van der Waals surface area contributed by atoms with Crippen LogP contribution in [0.3, 0.4) is 0 Å². The van der Waals surface area contributed by atoms with Gasteiger partial charge in [-0.25, -0.2) is 13.8 Å². The molecule has 0 unspecified atom stereocenters. The second-order valence-electron chi connectivity index (χ2n) is 6.20. The van der Waals surface area contributed by atoms with Gasteiger partial charge in [-0.05, 0) is 25.8 Å². The lowest BCUT2D eigenvalue weighted by Gasteiger charge is -2.35. The molecule has 1 aliphatic heterocycles. The zero-order chi connectivity index (χ0) is 18.4. The molecule has 134 valence electrons. The third-order valence-corrected chi connectivity index (χ3v) is 5.23. The molecular formula is C16H15F3N2O3S. The fraction of sp³-hybridized carbons (Fsp3) is 0.375. The summed E-state index contributed by atoms with van der Waals surface area (Å²) < 4.78 is 40.5. The number of benzene rings is 1. The topological polar surface area (TPSA) is 73.7 Å². The van der Waals surface area contributed by atoms with Crippen molar-refractivity contribution < 1.29 is 28.2 Å². The highest BCUT2D eigenvalue weighted by molar-refractivity contribution is 7.16. The monoisotopic (exact) mass is 372 g/mol. The summed E-state index contributed by atoms with van der Waals surface area (Å²) in [4.78, 5) is 18.1. The Morgan fingerprint density at radius 3 is 2.56 bits per heavy atom. The summed E-state index contributed by atoms with van der Waals surface area (Å²) in [6, 6.07) is 0.593. The number of halogens is 3. The summed E-state index contributed by atoms with van der Waals surface area (Å²) in [6.07, 6.45) is 2.11. The molecule has 5 nitrogen and oxygen atoms in total. The Labute approximate surface area is 145 Å². The standard InChI is InChI=1S/C16H15F3N2O3S/c1-16(24)2-4-21(5-3-16)15(23)10-7-20-14(25-10)8-6-9(17)12(19)13(22)11(8)18/h6-7,22,24H,2-5H2,1H3. The Balaban J connectivity index is 1.85. The summed E-state index contributed by atoms with van der Waals surface area (Å²) in [6.45, 7) is 2.46. The highest BCUT2D eigenvalue weighted by Crippen LogP contribution is 2.35. The minimum Gasteiger partial charge on any atom is -0.503 e. The van der Waals surface area contributed by atoms with Gasteiger partial charge in [0.05, 0.1) is 17.4 Å². The summed E-state index contributed by atoms with van der Waals surface area (Å²) in [5.41, 5.74) is -1.22. The number of nitrogens with zero attached hydrogens (tertiary/aromatic N) is 2. The van der Waals surface area contributed by atoms with Gasteiger partial charge in [0.25, 0.3) is 5.91 Å². The van der Waals surface area contributed by atoms with E-state index in [1.807, 2.05) is 0 Å². The number of thiazole rings is 1. The maximum atomic E-state index is 14.0. The fourth-order valence-corrected chi connectivity index (χ4v) is 3.48. The van der Waals surface area contributed by atoms with E-state index >= 15 is 0 Å². The summed E-state index contributed by atoms with van der Waals surface area (Å²) >= 11 is 0.820. The summed E-state index contributed by atoms with van der Waals surface area (Å²) in [5, 5.41) is 19.2. The zero-order valence-corrected chi connectivity index (χ0v) is 14.0. The normalized spacial score (nSPS) is 16.9. The van der Waals surface area contributed by atoms with Crippen molar-refractivity contribution in [2.75, 3.05) is 13.1 Å². The Bertz CT molecular complexity index is 828. The van der Waals surface area contributed by atoms with Crippen LogP contribution in [0.4, 0.5) is 13.2 Å². The molecule has 0 atom stereocenters. The van der Waals surface area contributed by atoms with E-state index in [1.165, 1.54) is 6.20 Å². The highest BCUT2D eigenvalue weighted by atomic mass is 32.1. The van der Waals surface area contributed by atoms with Crippen LogP contribution in [0.15, 0.2) is 12.3 Å². The van der Waals surface area contributed by atoms with Crippen molar-refractivity contribution in [1.82, 2.24) is 9.88 Å². The van der Waals surface area contributed by atoms with E-state index < -0.39 is 34.4 Å². The minimum atomic E-state index is -1.67. The number of aromatic hydroxyl groups is 1. The fourth-order valence-electron chi connectivity index (χ4n) is 2.59. The van der Waals surface area contributed by atoms with Crippen LogP contribution < -0.4 is 0 Å². The number of carbonyl (C=O) groups is 1. The molecule has 2 aromatic rings. The maximum absolute atomic E-state index is 14.0. The van der Waals surface area contributed by atoms with Crippen LogP contribution in [0.2, 0.25) is 0 Å². The SMILES string of the molecule is CC1(O)CCN(C(=O)c2cnc(-c3cc(F)c(F)c(O)c3F)s2)CC1. The molecule has 1 aromatic carbocycles. The predicted octanol–water partition coefficient (Wildman–Crippen LogP) is 2.92. The first kappa shape index (κ1) is 17.7. The molecule has 2 heterocycles. The van der Waals surface area contributed by atoms with Gasteiger partial charge in [-0.1, -0.05) is 0 Å². The number of likely N-dealkylation sites (tertiary alicyclic amines) is 1. The molecule has 25 heavy (non-hydrogen) atoms. The average molecular weight is 372 g/mol. The molecule has 2 N–H and O–H groups in total. The average Bonchev–Trinajstić information content (AvgIpc) is 3.05. The maximum Gasteiger partial charge on any atom is 0.265 e. The van der Waals surface area contributed by atoms with Crippen molar-refractivity contribution in [2.45, 2.75) is 25.4 Å². The van der Waals surface area contributed by atoms with Crippen molar-refractivity contribution in [3.8, 4) is 16.3 Å². The first-order valence-corrected chi connectivity index (χ1v) is 8.35. The number of phenols is 1. The van der Waals surface area contributed by atoms with E-state index in [2.05, 4.69) is 4.98 Å². The number of phenolic OH excluding ortho intramolecular Hbond substituents is 1. The molecule has 0 saturated carbocycles. The van der Waals surface area contributed by atoms with Crippen molar-refractivity contribution in [2.24, 2.45) is 0 Å². The Hall–Kier alpha value is -2.13. The molecule has 1 fully saturated rings. The van der Waals surface area contributed by atoms with Crippen LogP contribution in [0.1, 0.15) is 29.4 Å². The molecule has 0 aliphatic carbocycles. The lowest BCUT2D eigenvalue weighted by molar-refractivity contribution is -0.00188. The van der Waals surface area contributed by atoms with Gasteiger partial charge in [-0.3, -0.25) is 4.79 Å². The summed E-state index contributed by atoms with van der Waals surface area (Å²) in [7, 11) is 0. The second kappa shape index (κ2) is 6.30. The zero-order valence-electron chi connectivity index (χ0n) is 13.2. The van der Waals surface area contributed by atoms with Crippen LogP contribution in [-0.2, 0) is 0 Å². The van der Waals surface area contributed by atoms with Crippen LogP contribution in [0.25, 0.3) is 10.6 Å². The van der Waals surface area contributed by atoms with Crippen molar-refractivity contribution in [3.05, 3.63) is 34.6 Å². The molecule has 0 radical (unpaired) electrons. The number of piperidine rings is 1. The smallest absolute Gasteiger partial charge is 0.265 e. The van der Waals surface area contributed by atoms with Crippen LogP contribution in [0, 0.1) is 17.5 Å². The molecule has 1 saturated heterocycles. The van der Waals surface area contributed by atoms with Gasteiger partial charge in [0.1, 0.15) is 9.88 Å². The first-order chi connectivity index (χ1) is 11.7. The Morgan fingerprint density at radius 1 is 1.28 bits per heavy atom. The summed E-state index contributed by atoms with van der Waals surface area (Å²) in [5.74, 6) is -6.16.